The minimum absolute atomic E-state index is 0.101. The van der Waals surface area contributed by atoms with Crippen LogP contribution in [0.5, 0.6) is 5.75 Å². The summed E-state index contributed by atoms with van der Waals surface area (Å²) >= 11 is 5.57. The molecule has 2 atom stereocenters. The summed E-state index contributed by atoms with van der Waals surface area (Å²) < 4.78 is 18.0. The lowest BCUT2D eigenvalue weighted by Gasteiger charge is -2.17. The summed E-state index contributed by atoms with van der Waals surface area (Å²) in [5.74, 6) is -2.49. The maximum Gasteiger partial charge on any atom is 0.308 e. The van der Waals surface area contributed by atoms with Gasteiger partial charge in [0.2, 0.25) is 0 Å². The molecule has 0 radical (unpaired) electrons. The molecule has 7 heteroatoms. The zero-order valence-electron chi connectivity index (χ0n) is 11.0. The molecule has 1 amide bonds. The SMILES string of the molecule is CC(NC(=O)COc1ccc(F)c(Cl)c1)C(C)C(=O)O. The Hall–Kier alpha value is -1.82. The molecule has 1 aromatic rings. The normalized spacial score (nSPS) is 13.4. The van der Waals surface area contributed by atoms with E-state index in [0.717, 1.165) is 6.07 Å². The average molecular weight is 304 g/mol. The predicted molar refractivity (Wildman–Crippen MR) is 71.3 cm³/mol. The number of hydrogen-bond acceptors (Lipinski definition) is 3. The largest absolute Gasteiger partial charge is 0.484 e. The number of halogens is 2. The molecule has 0 aliphatic rings. The fourth-order valence-corrected chi connectivity index (χ4v) is 1.52. The van der Waals surface area contributed by atoms with Gasteiger partial charge in [-0.2, -0.15) is 0 Å². The van der Waals surface area contributed by atoms with E-state index < -0.39 is 29.7 Å². The van der Waals surface area contributed by atoms with Gasteiger partial charge in [-0.15, -0.1) is 0 Å². The molecular weight excluding hydrogens is 289 g/mol. The standard InChI is InChI=1S/C13H15ClFNO4/c1-7(13(18)19)8(2)16-12(17)6-20-9-3-4-11(15)10(14)5-9/h3-5,7-8H,6H2,1-2H3,(H,16,17)(H,18,19). The van der Waals surface area contributed by atoms with Crippen molar-refractivity contribution in [1.82, 2.24) is 5.32 Å². The smallest absolute Gasteiger partial charge is 0.308 e. The van der Waals surface area contributed by atoms with Crippen LogP contribution in [0, 0.1) is 11.7 Å². The zero-order valence-corrected chi connectivity index (χ0v) is 11.8. The number of rotatable bonds is 6. The van der Waals surface area contributed by atoms with Gasteiger partial charge in [0.15, 0.2) is 6.61 Å². The molecule has 0 aromatic heterocycles. The quantitative estimate of drug-likeness (QED) is 0.843. The Kier molecular flexibility index (Phi) is 5.76. The van der Waals surface area contributed by atoms with Crippen molar-refractivity contribution in [2.45, 2.75) is 19.9 Å². The van der Waals surface area contributed by atoms with Crippen LogP contribution >= 0.6 is 11.6 Å². The van der Waals surface area contributed by atoms with E-state index in [2.05, 4.69) is 5.32 Å². The highest BCUT2D eigenvalue weighted by Gasteiger charge is 2.21. The number of carboxylic acid groups (broad SMARTS) is 1. The lowest BCUT2D eigenvalue weighted by molar-refractivity contribution is -0.142. The summed E-state index contributed by atoms with van der Waals surface area (Å²) in [4.78, 5) is 22.3. The number of hydrogen-bond donors (Lipinski definition) is 2. The van der Waals surface area contributed by atoms with E-state index in [9.17, 15) is 14.0 Å². The molecule has 0 aliphatic heterocycles. The van der Waals surface area contributed by atoms with Gasteiger partial charge in [-0.05, 0) is 26.0 Å². The summed E-state index contributed by atoms with van der Waals surface area (Å²) in [6.45, 7) is 2.78. The first-order valence-electron chi connectivity index (χ1n) is 5.91. The van der Waals surface area contributed by atoms with Gasteiger partial charge in [-0.3, -0.25) is 9.59 Å². The number of ether oxygens (including phenoxy) is 1. The first-order valence-corrected chi connectivity index (χ1v) is 6.29. The monoisotopic (exact) mass is 303 g/mol. The number of aliphatic carboxylic acids is 1. The van der Waals surface area contributed by atoms with Crippen LogP contribution in [0.2, 0.25) is 5.02 Å². The Morgan fingerprint density at radius 3 is 2.65 bits per heavy atom. The fourth-order valence-electron chi connectivity index (χ4n) is 1.35. The molecule has 20 heavy (non-hydrogen) atoms. The molecule has 0 saturated heterocycles. The Balaban J connectivity index is 2.47. The van der Waals surface area contributed by atoms with Gasteiger partial charge in [0.1, 0.15) is 11.6 Å². The number of carbonyl (C=O) groups excluding carboxylic acids is 1. The van der Waals surface area contributed by atoms with Crippen molar-refractivity contribution in [3.63, 3.8) is 0 Å². The molecule has 110 valence electrons. The Bertz CT molecular complexity index is 509. The molecule has 0 saturated carbocycles. The Morgan fingerprint density at radius 1 is 1.45 bits per heavy atom. The molecule has 2 N–H and O–H groups in total. The molecule has 1 aromatic carbocycles. The topological polar surface area (TPSA) is 75.6 Å². The summed E-state index contributed by atoms with van der Waals surface area (Å²) in [5.41, 5.74) is 0. The van der Waals surface area contributed by atoms with E-state index in [0.29, 0.717) is 0 Å². The van der Waals surface area contributed by atoms with Crippen molar-refractivity contribution in [3.05, 3.63) is 29.0 Å². The van der Waals surface area contributed by atoms with Gasteiger partial charge in [-0.25, -0.2) is 4.39 Å². The molecule has 0 aliphatic carbocycles. The molecular formula is C13H15ClFNO4. The highest BCUT2D eigenvalue weighted by molar-refractivity contribution is 6.30. The Labute approximate surface area is 120 Å². The molecule has 0 bridgehead atoms. The third-order valence-corrected chi connectivity index (χ3v) is 3.08. The molecule has 2 unspecified atom stereocenters. The van der Waals surface area contributed by atoms with E-state index in [1.807, 2.05) is 0 Å². The highest BCUT2D eigenvalue weighted by atomic mass is 35.5. The minimum atomic E-state index is -0.996. The van der Waals surface area contributed by atoms with E-state index in [4.69, 9.17) is 21.4 Å². The first kappa shape index (κ1) is 16.2. The van der Waals surface area contributed by atoms with Gasteiger partial charge < -0.3 is 15.2 Å². The molecule has 1 rings (SSSR count). The molecule has 0 spiro atoms. The van der Waals surface area contributed by atoms with Gasteiger partial charge in [0, 0.05) is 12.1 Å². The van der Waals surface area contributed by atoms with Gasteiger partial charge in [0.05, 0.1) is 10.9 Å². The first-order chi connectivity index (χ1) is 9.31. The van der Waals surface area contributed by atoms with Crippen LogP contribution in [0.15, 0.2) is 18.2 Å². The maximum atomic E-state index is 12.9. The number of nitrogens with one attached hydrogen (secondary N) is 1. The molecule has 5 nitrogen and oxygen atoms in total. The maximum absolute atomic E-state index is 12.9. The van der Waals surface area contributed by atoms with E-state index in [-0.39, 0.29) is 17.4 Å². The van der Waals surface area contributed by atoms with Crippen LogP contribution in [0.25, 0.3) is 0 Å². The van der Waals surface area contributed by atoms with Crippen molar-refractivity contribution in [2.75, 3.05) is 6.61 Å². The summed E-state index contributed by atoms with van der Waals surface area (Å²) in [6, 6.07) is 3.20. The summed E-state index contributed by atoms with van der Waals surface area (Å²) in [6.07, 6.45) is 0. The van der Waals surface area contributed by atoms with Crippen LogP contribution in [-0.2, 0) is 9.59 Å². The zero-order chi connectivity index (χ0) is 15.3. The third kappa shape index (κ3) is 4.70. The Morgan fingerprint density at radius 2 is 2.10 bits per heavy atom. The number of benzene rings is 1. The van der Waals surface area contributed by atoms with Crippen LogP contribution in [0.4, 0.5) is 4.39 Å². The minimum Gasteiger partial charge on any atom is -0.484 e. The van der Waals surface area contributed by atoms with Crippen LogP contribution < -0.4 is 10.1 Å². The van der Waals surface area contributed by atoms with E-state index in [1.54, 1.807) is 6.92 Å². The second-order valence-corrected chi connectivity index (χ2v) is 4.75. The molecule has 0 fully saturated rings. The number of carboxylic acids is 1. The fraction of sp³-hybridized carbons (Fsp3) is 0.385. The third-order valence-electron chi connectivity index (χ3n) is 2.79. The average Bonchev–Trinajstić information content (AvgIpc) is 2.39. The lowest BCUT2D eigenvalue weighted by Crippen LogP contribution is -2.42. The molecule has 0 heterocycles. The van der Waals surface area contributed by atoms with Crippen molar-refractivity contribution in [2.24, 2.45) is 5.92 Å². The van der Waals surface area contributed by atoms with Crippen LogP contribution in [0.3, 0.4) is 0 Å². The number of carbonyl (C=O) groups is 2. The highest BCUT2D eigenvalue weighted by Crippen LogP contribution is 2.20. The second kappa shape index (κ2) is 7.09. The summed E-state index contributed by atoms with van der Waals surface area (Å²) in [7, 11) is 0. The second-order valence-electron chi connectivity index (χ2n) is 4.35. The number of amides is 1. The van der Waals surface area contributed by atoms with E-state index >= 15 is 0 Å². The van der Waals surface area contributed by atoms with E-state index in [1.165, 1.54) is 19.1 Å². The van der Waals surface area contributed by atoms with Crippen molar-refractivity contribution in [1.29, 1.82) is 0 Å². The van der Waals surface area contributed by atoms with Gasteiger partial charge in [-0.1, -0.05) is 11.6 Å². The van der Waals surface area contributed by atoms with Crippen LogP contribution in [-0.4, -0.2) is 29.6 Å². The van der Waals surface area contributed by atoms with Crippen molar-refractivity contribution < 1.29 is 23.8 Å². The van der Waals surface area contributed by atoms with Crippen LogP contribution in [0.1, 0.15) is 13.8 Å². The van der Waals surface area contributed by atoms with Crippen molar-refractivity contribution in [3.8, 4) is 5.75 Å². The van der Waals surface area contributed by atoms with Gasteiger partial charge in [0.25, 0.3) is 5.91 Å². The van der Waals surface area contributed by atoms with Gasteiger partial charge >= 0.3 is 5.97 Å². The lowest BCUT2D eigenvalue weighted by atomic mass is 10.0. The van der Waals surface area contributed by atoms with Crippen molar-refractivity contribution >= 4 is 23.5 Å². The summed E-state index contributed by atoms with van der Waals surface area (Å²) in [5, 5.41) is 11.2. The predicted octanol–water partition coefficient (Wildman–Crippen LogP) is 2.08.